The van der Waals surface area contributed by atoms with Gasteiger partial charge in [-0.15, -0.1) is 0 Å². The van der Waals surface area contributed by atoms with E-state index in [-0.39, 0.29) is 24.4 Å². The number of carbonyl (C=O) groups excluding carboxylic acids is 2. The number of carbonyl (C=O) groups is 2. The zero-order valence-corrected chi connectivity index (χ0v) is 18.7. The summed E-state index contributed by atoms with van der Waals surface area (Å²) in [5.74, 6) is -0.241. The van der Waals surface area contributed by atoms with Gasteiger partial charge in [0.25, 0.3) is 5.91 Å². The molecular weight excluding hydrogens is 410 g/mol. The Morgan fingerprint density at radius 2 is 1.27 bits per heavy atom. The standard InChI is InChI=1S/C28H29N3O2/c32-26(20-29-28(33)23-10-2-1-3-11-23)30-16-18-31(19-17-30)27-24-12-6-4-8-21(24)14-15-22-9-5-7-13-25(22)27/h1-13,27H,14-20H2,(H,29,33). The quantitative estimate of drug-likeness (QED) is 0.678. The van der Waals surface area contributed by atoms with Crippen molar-refractivity contribution in [2.75, 3.05) is 32.7 Å². The summed E-state index contributed by atoms with van der Waals surface area (Å²) in [6.45, 7) is 2.99. The molecule has 2 amide bonds. The number of nitrogens with zero attached hydrogens (tertiary/aromatic N) is 2. The number of piperazine rings is 1. The smallest absolute Gasteiger partial charge is 0.251 e. The fraction of sp³-hybridized carbons (Fsp3) is 0.286. The van der Waals surface area contributed by atoms with Crippen molar-refractivity contribution < 1.29 is 9.59 Å². The molecule has 5 heteroatoms. The van der Waals surface area contributed by atoms with Crippen LogP contribution >= 0.6 is 0 Å². The minimum absolute atomic E-state index is 0.0272. The Kier molecular flexibility index (Phi) is 6.22. The van der Waals surface area contributed by atoms with Gasteiger partial charge in [0.05, 0.1) is 12.6 Å². The van der Waals surface area contributed by atoms with Crippen molar-refractivity contribution in [1.29, 1.82) is 0 Å². The molecule has 0 spiro atoms. The van der Waals surface area contributed by atoms with E-state index in [4.69, 9.17) is 0 Å². The Bertz CT molecular complexity index is 1090. The third kappa shape index (κ3) is 4.55. The monoisotopic (exact) mass is 439 g/mol. The lowest BCUT2D eigenvalue weighted by atomic mass is 9.92. The lowest BCUT2D eigenvalue weighted by Crippen LogP contribution is -2.52. The minimum atomic E-state index is -0.214. The van der Waals surface area contributed by atoms with Crippen molar-refractivity contribution in [2.24, 2.45) is 0 Å². The molecule has 3 aromatic carbocycles. The minimum Gasteiger partial charge on any atom is -0.343 e. The maximum Gasteiger partial charge on any atom is 0.251 e. The van der Waals surface area contributed by atoms with E-state index < -0.39 is 0 Å². The zero-order chi connectivity index (χ0) is 22.6. The molecule has 0 atom stereocenters. The summed E-state index contributed by atoms with van der Waals surface area (Å²) in [4.78, 5) is 29.4. The van der Waals surface area contributed by atoms with Crippen LogP contribution in [0.5, 0.6) is 0 Å². The van der Waals surface area contributed by atoms with Crippen molar-refractivity contribution in [1.82, 2.24) is 15.1 Å². The van der Waals surface area contributed by atoms with Gasteiger partial charge in [-0.25, -0.2) is 0 Å². The van der Waals surface area contributed by atoms with Crippen LogP contribution in [0, 0.1) is 0 Å². The van der Waals surface area contributed by atoms with Crippen LogP contribution in [0.2, 0.25) is 0 Å². The summed E-state index contributed by atoms with van der Waals surface area (Å²) in [7, 11) is 0. The molecule has 0 unspecified atom stereocenters. The van der Waals surface area contributed by atoms with E-state index in [1.54, 1.807) is 12.1 Å². The normalized spacial score (nSPS) is 16.4. The van der Waals surface area contributed by atoms with Crippen molar-refractivity contribution >= 4 is 11.8 Å². The number of hydrogen-bond donors (Lipinski definition) is 1. The van der Waals surface area contributed by atoms with Crippen LogP contribution in [0.25, 0.3) is 0 Å². The maximum atomic E-state index is 12.8. The topological polar surface area (TPSA) is 52.7 Å². The van der Waals surface area contributed by atoms with Crippen LogP contribution < -0.4 is 5.32 Å². The average Bonchev–Trinajstić information content (AvgIpc) is 3.05. The summed E-state index contributed by atoms with van der Waals surface area (Å²) < 4.78 is 0. The van der Waals surface area contributed by atoms with E-state index in [9.17, 15) is 9.59 Å². The number of nitrogens with one attached hydrogen (secondary N) is 1. The Morgan fingerprint density at radius 3 is 1.88 bits per heavy atom. The molecule has 3 aromatic rings. The van der Waals surface area contributed by atoms with Crippen LogP contribution in [0.15, 0.2) is 78.9 Å². The molecule has 1 aliphatic carbocycles. The van der Waals surface area contributed by atoms with Gasteiger partial charge in [-0.3, -0.25) is 14.5 Å². The first-order chi connectivity index (χ1) is 16.2. The molecule has 2 aliphatic rings. The van der Waals surface area contributed by atoms with Gasteiger partial charge in [-0.1, -0.05) is 66.7 Å². The lowest BCUT2D eigenvalue weighted by Gasteiger charge is -2.40. The van der Waals surface area contributed by atoms with Crippen molar-refractivity contribution in [3.63, 3.8) is 0 Å². The number of fused-ring (bicyclic) bond motifs is 2. The summed E-state index contributed by atoms with van der Waals surface area (Å²) in [6.07, 6.45) is 2.12. The Labute approximate surface area is 195 Å². The molecule has 1 heterocycles. The third-order valence-corrected chi connectivity index (χ3v) is 6.83. The van der Waals surface area contributed by atoms with Crippen LogP contribution in [0.3, 0.4) is 0 Å². The van der Waals surface area contributed by atoms with Crippen LogP contribution in [-0.2, 0) is 17.6 Å². The average molecular weight is 440 g/mol. The van der Waals surface area contributed by atoms with Gasteiger partial charge in [0.2, 0.25) is 5.91 Å². The van der Waals surface area contributed by atoms with E-state index in [2.05, 4.69) is 58.7 Å². The van der Waals surface area contributed by atoms with Crippen molar-refractivity contribution in [2.45, 2.75) is 18.9 Å². The molecule has 0 radical (unpaired) electrons. The van der Waals surface area contributed by atoms with Crippen LogP contribution in [-0.4, -0.2) is 54.3 Å². The molecule has 5 nitrogen and oxygen atoms in total. The van der Waals surface area contributed by atoms with Crippen LogP contribution in [0.1, 0.15) is 38.7 Å². The molecule has 0 saturated carbocycles. The lowest BCUT2D eigenvalue weighted by molar-refractivity contribution is -0.132. The predicted octanol–water partition coefficient (Wildman–Crippen LogP) is 3.45. The molecular formula is C28H29N3O2. The largest absolute Gasteiger partial charge is 0.343 e. The second-order valence-electron chi connectivity index (χ2n) is 8.77. The molecule has 33 heavy (non-hydrogen) atoms. The fourth-order valence-electron chi connectivity index (χ4n) is 5.08. The summed E-state index contributed by atoms with van der Waals surface area (Å²) in [5.41, 5.74) is 6.18. The highest BCUT2D eigenvalue weighted by molar-refractivity contribution is 5.96. The second kappa shape index (κ2) is 9.59. The molecule has 1 saturated heterocycles. The highest BCUT2D eigenvalue weighted by Crippen LogP contribution is 2.37. The number of aryl methyl sites for hydroxylation is 2. The van der Waals surface area contributed by atoms with E-state index >= 15 is 0 Å². The van der Waals surface area contributed by atoms with Gasteiger partial charge in [0.1, 0.15) is 0 Å². The Balaban J connectivity index is 1.26. The number of rotatable bonds is 4. The van der Waals surface area contributed by atoms with E-state index in [1.165, 1.54) is 22.3 Å². The van der Waals surface area contributed by atoms with Gasteiger partial charge >= 0.3 is 0 Å². The van der Waals surface area contributed by atoms with E-state index in [0.717, 1.165) is 25.9 Å². The zero-order valence-electron chi connectivity index (χ0n) is 18.7. The molecule has 0 bridgehead atoms. The second-order valence-corrected chi connectivity index (χ2v) is 8.77. The predicted molar refractivity (Wildman–Crippen MR) is 129 cm³/mol. The van der Waals surface area contributed by atoms with Gasteiger partial charge in [-0.2, -0.15) is 0 Å². The third-order valence-electron chi connectivity index (χ3n) is 6.83. The molecule has 1 aliphatic heterocycles. The summed E-state index contributed by atoms with van der Waals surface area (Å²) in [6, 6.07) is 26.8. The number of amides is 2. The molecule has 5 rings (SSSR count). The van der Waals surface area contributed by atoms with Crippen LogP contribution in [0.4, 0.5) is 0 Å². The molecule has 168 valence electrons. The first kappa shape index (κ1) is 21.4. The first-order valence-corrected chi connectivity index (χ1v) is 11.7. The maximum absolute atomic E-state index is 12.8. The number of hydrogen-bond acceptors (Lipinski definition) is 3. The molecule has 1 fully saturated rings. The Morgan fingerprint density at radius 1 is 0.727 bits per heavy atom. The van der Waals surface area contributed by atoms with E-state index in [1.807, 2.05) is 23.1 Å². The summed E-state index contributed by atoms with van der Waals surface area (Å²) >= 11 is 0. The van der Waals surface area contributed by atoms with Crippen molar-refractivity contribution in [3.05, 3.63) is 107 Å². The first-order valence-electron chi connectivity index (χ1n) is 11.7. The summed E-state index contributed by atoms with van der Waals surface area (Å²) in [5, 5.41) is 2.76. The van der Waals surface area contributed by atoms with Gasteiger partial charge in [-0.05, 0) is 47.2 Å². The van der Waals surface area contributed by atoms with E-state index in [0.29, 0.717) is 18.7 Å². The molecule has 1 N–H and O–H groups in total. The fourth-order valence-corrected chi connectivity index (χ4v) is 5.08. The molecule has 0 aromatic heterocycles. The SMILES string of the molecule is O=C(NCC(=O)N1CCN(C2c3ccccc3CCc3ccccc32)CC1)c1ccccc1. The Hall–Kier alpha value is -3.44. The van der Waals surface area contributed by atoms with Gasteiger partial charge in [0, 0.05) is 31.7 Å². The van der Waals surface area contributed by atoms with Gasteiger partial charge < -0.3 is 10.2 Å². The van der Waals surface area contributed by atoms with Crippen molar-refractivity contribution in [3.8, 4) is 0 Å². The van der Waals surface area contributed by atoms with Gasteiger partial charge in [0.15, 0.2) is 0 Å². The highest BCUT2D eigenvalue weighted by Gasteiger charge is 2.31. The number of benzene rings is 3. The highest BCUT2D eigenvalue weighted by atomic mass is 16.2.